The summed E-state index contributed by atoms with van der Waals surface area (Å²) in [5.41, 5.74) is 0. The van der Waals surface area contributed by atoms with Gasteiger partial charge in [-0.25, -0.2) is 0 Å². The van der Waals surface area contributed by atoms with Crippen LogP contribution in [-0.2, 0) is 28.6 Å². The molecule has 0 aromatic carbocycles. The zero-order chi connectivity index (χ0) is 46.5. The molecule has 1 unspecified atom stereocenters. The Hall–Kier alpha value is -4.19. The fourth-order valence-corrected chi connectivity index (χ4v) is 6.48. The van der Waals surface area contributed by atoms with Gasteiger partial charge in [0, 0.05) is 19.3 Å². The van der Waals surface area contributed by atoms with Gasteiger partial charge in [-0.05, 0) is 83.5 Å². The van der Waals surface area contributed by atoms with Crippen molar-refractivity contribution in [3.05, 3.63) is 122 Å². The Kier molecular flexibility index (Phi) is 48.1. The molecular weight excluding hydrogens is 793 g/mol. The van der Waals surface area contributed by atoms with Crippen LogP contribution in [0.4, 0.5) is 0 Å². The molecule has 0 aliphatic heterocycles. The van der Waals surface area contributed by atoms with Crippen molar-refractivity contribution in [2.24, 2.45) is 0 Å². The number of hydrogen-bond donors (Lipinski definition) is 0. The number of rotatable bonds is 44. The summed E-state index contributed by atoms with van der Waals surface area (Å²) in [4.78, 5) is 37.9. The highest BCUT2D eigenvalue weighted by atomic mass is 16.6. The lowest BCUT2D eigenvalue weighted by Crippen LogP contribution is -2.30. The molecule has 0 fully saturated rings. The standard InChI is InChI=1S/C58H92O6/c1-4-7-10-13-16-19-21-23-25-27-29-31-32-34-36-39-42-45-48-51-57(60)63-54-55(53-62-56(59)50-47-44-41-38-18-15-12-9-6-3)64-58(61)52-49-46-43-40-37-35-33-30-28-26-24-22-20-17-14-11-8-5-2/h7,10,16-17,19-20,22-26,28-31,33-34,36,42,45,55H,4-6,8-9,11-15,18,21,27,32,35,37-41,43-44,46-54H2,1-3H3/b10-7-,19-16-,20-17-,24-22-,25-23-,28-26-,31-29-,33-30-,36-34-,45-42-. The van der Waals surface area contributed by atoms with Crippen LogP contribution in [0.2, 0.25) is 0 Å². The van der Waals surface area contributed by atoms with Crippen molar-refractivity contribution in [2.45, 2.75) is 213 Å². The molecular formula is C58H92O6. The maximum absolute atomic E-state index is 12.8. The molecule has 1 atom stereocenters. The van der Waals surface area contributed by atoms with E-state index in [1.54, 1.807) is 0 Å². The number of ether oxygens (including phenoxy) is 3. The van der Waals surface area contributed by atoms with E-state index in [1.165, 1.54) is 57.8 Å². The van der Waals surface area contributed by atoms with E-state index >= 15 is 0 Å². The van der Waals surface area contributed by atoms with Gasteiger partial charge in [0.15, 0.2) is 6.10 Å². The molecule has 0 aliphatic rings. The summed E-state index contributed by atoms with van der Waals surface area (Å²) < 4.78 is 16.7. The number of carbonyl (C=O) groups excluding carboxylic acids is 3. The molecule has 0 heterocycles. The van der Waals surface area contributed by atoms with Gasteiger partial charge in [-0.1, -0.05) is 226 Å². The molecule has 0 radical (unpaired) electrons. The summed E-state index contributed by atoms with van der Waals surface area (Å²) in [6.45, 7) is 6.36. The number of unbranched alkanes of at least 4 members (excludes halogenated alkanes) is 16. The van der Waals surface area contributed by atoms with Gasteiger partial charge < -0.3 is 14.2 Å². The summed E-state index contributed by atoms with van der Waals surface area (Å²) in [6.07, 6.45) is 70.5. The predicted molar refractivity (Wildman–Crippen MR) is 274 cm³/mol. The molecule has 0 spiro atoms. The largest absolute Gasteiger partial charge is 0.462 e. The van der Waals surface area contributed by atoms with E-state index in [2.05, 4.69) is 130 Å². The second-order valence-corrected chi connectivity index (χ2v) is 16.4. The van der Waals surface area contributed by atoms with Gasteiger partial charge in [-0.3, -0.25) is 14.4 Å². The van der Waals surface area contributed by atoms with E-state index in [0.29, 0.717) is 12.8 Å². The summed E-state index contributed by atoms with van der Waals surface area (Å²) in [7, 11) is 0. The molecule has 6 heteroatoms. The van der Waals surface area contributed by atoms with Crippen LogP contribution < -0.4 is 0 Å². The molecule has 64 heavy (non-hydrogen) atoms. The molecule has 0 aromatic rings. The van der Waals surface area contributed by atoms with Gasteiger partial charge in [0.2, 0.25) is 0 Å². The Morgan fingerprint density at radius 2 is 0.703 bits per heavy atom. The second-order valence-electron chi connectivity index (χ2n) is 16.4. The summed E-state index contributed by atoms with van der Waals surface area (Å²) in [6, 6.07) is 0. The van der Waals surface area contributed by atoms with Gasteiger partial charge in [0.25, 0.3) is 0 Å². The van der Waals surface area contributed by atoms with Crippen molar-refractivity contribution < 1.29 is 28.6 Å². The van der Waals surface area contributed by atoms with Crippen LogP contribution in [-0.4, -0.2) is 37.2 Å². The van der Waals surface area contributed by atoms with E-state index in [1.807, 2.05) is 12.2 Å². The van der Waals surface area contributed by atoms with Crippen molar-refractivity contribution in [2.75, 3.05) is 13.2 Å². The van der Waals surface area contributed by atoms with Crippen molar-refractivity contribution in [1.29, 1.82) is 0 Å². The fourth-order valence-electron chi connectivity index (χ4n) is 6.48. The smallest absolute Gasteiger partial charge is 0.306 e. The maximum atomic E-state index is 12.8. The highest BCUT2D eigenvalue weighted by Crippen LogP contribution is 2.13. The Labute approximate surface area is 392 Å². The third-order valence-electron chi connectivity index (χ3n) is 10.3. The highest BCUT2D eigenvalue weighted by Gasteiger charge is 2.19. The molecule has 0 rings (SSSR count). The topological polar surface area (TPSA) is 78.9 Å². The fraction of sp³-hybridized carbons (Fsp3) is 0.603. The lowest BCUT2D eigenvalue weighted by Gasteiger charge is -2.18. The third-order valence-corrected chi connectivity index (χ3v) is 10.3. The molecule has 0 saturated heterocycles. The SMILES string of the molecule is CC/C=C\C/C=C\C/C=C\C/C=C\C/C=C\C/C=C\CCC(=O)OCC(COC(=O)CCCCCCCCCCC)OC(=O)CCCCCCC\C=C/C=C\C=C/C=C\CCCCC. The summed E-state index contributed by atoms with van der Waals surface area (Å²) in [5, 5.41) is 0. The average Bonchev–Trinajstić information content (AvgIpc) is 3.29. The molecule has 6 nitrogen and oxygen atoms in total. The predicted octanol–water partition coefficient (Wildman–Crippen LogP) is 16.9. The molecule has 0 N–H and O–H groups in total. The Bertz CT molecular complexity index is 1390. The lowest BCUT2D eigenvalue weighted by atomic mass is 10.1. The van der Waals surface area contributed by atoms with Crippen molar-refractivity contribution in [3.8, 4) is 0 Å². The average molecular weight is 885 g/mol. The van der Waals surface area contributed by atoms with Crippen LogP contribution in [0.5, 0.6) is 0 Å². The van der Waals surface area contributed by atoms with E-state index in [-0.39, 0.29) is 44.0 Å². The van der Waals surface area contributed by atoms with Crippen LogP contribution >= 0.6 is 0 Å². The van der Waals surface area contributed by atoms with E-state index in [9.17, 15) is 14.4 Å². The monoisotopic (exact) mass is 885 g/mol. The minimum atomic E-state index is -0.822. The first-order valence-electron chi connectivity index (χ1n) is 25.6. The van der Waals surface area contributed by atoms with Crippen LogP contribution in [0.15, 0.2) is 122 Å². The number of carbonyl (C=O) groups is 3. The van der Waals surface area contributed by atoms with Gasteiger partial charge in [0.1, 0.15) is 13.2 Å². The van der Waals surface area contributed by atoms with Crippen LogP contribution in [0, 0.1) is 0 Å². The van der Waals surface area contributed by atoms with Crippen LogP contribution in [0.3, 0.4) is 0 Å². The highest BCUT2D eigenvalue weighted by molar-refractivity contribution is 5.71. The minimum absolute atomic E-state index is 0.113. The number of esters is 3. The normalized spacial score (nSPS) is 13.1. The zero-order valence-corrected chi connectivity index (χ0v) is 41.0. The van der Waals surface area contributed by atoms with Gasteiger partial charge in [0.05, 0.1) is 0 Å². The van der Waals surface area contributed by atoms with E-state index < -0.39 is 6.10 Å². The summed E-state index contributed by atoms with van der Waals surface area (Å²) >= 11 is 0. The van der Waals surface area contributed by atoms with Gasteiger partial charge in [-0.15, -0.1) is 0 Å². The minimum Gasteiger partial charge on any atom is -0.462 e. The summed E-state index contributed by atoms with van der Waals surface area (Å²) in [5.74, 6) is -1.04. The molecule has 360 valence electrons. The van der Waals surface area contributed by atoms with Crippen LogP contribution in [0.25, 0.3) is 0 Å². The molecule has 0 amide bonds. The molecule has 0 aliphatic carbocycles. The Morgan fingerprint density at radius 1 is 0.344 bits per heavy atom. The van der Waals surface area contributed by atoms with Gasteiger partial charge >= 0.3 is 17.9 Å². The first kappa shape index (κ1) is 59.8. The lowest BCUT2D eigenvalue weighted by molar-refractivity contribution is -0.166. The van der Waals surface area contributed by atoms with E-state index in [0.717, 1.165) is 103 Å². The van der Waals surface area contributed by atoms with Crippen molar-refractivity contribution in [1.82, 2.24) is 0 Å². The van der Waals surface area contributed by atoms with Crippen molar-refractivity contribution >= 4 is 17.9 Å². The number of allylic oxidation sites excluding steroid dienone is 20. The second kappa shape index (κ2) is 51.4. The zero-order valence-electron chi connectivity index (χ0n) is 41.0. The van der Waals surface area contributed by atoms with Crippen molar-refractivity contribution in [3.63, 3.8) is 0 Å². The Balaban J connectivity index is 4.53. The van der Waals surface area contributed by atoms with Crippen LogP contribution in [0.1, 0.15) is 207 Å². The third kappa shape index (κ3) is 48.8. The van der Waals surface area contributed by atoms with Gasteiger partial charge in [-0.2, -0.15) is 0 Å². The maximum Gasteiger partial charge on any atom is 0.306 e. The molecule has 0 saturated carbocycles. The molecule has 0 aromatic heterocycles. The van der Waals surface area contributed by atoms with E-state index in [4.69, 9.17) is 14.2 Å². The molecule has 0 bridgehead atoms. The first-order chi connectivity index (χ1) is 31.5. The quantitative estimate of drug-likeness (QED) is 0.0199. The Morgan fingerprint density at radius 3 is 1.19 bits per heavy atom. The first-order valence-corrected chi connectivity index (χ1v) is 25.6. The number of hydrogen-bond acceptors (Lipinski definition) is 6.